The van der Waals surface area contributed by atoms with Crippen LogP contribution < -0.4 is 16.0 Å². The van der Waals surface area contributed by atoms with E-state index in [1.165, 1.54) is 19.3 Å². The molecule has 0 fully saturated rings. The molecule has 8 nitrogen and oxygen atoms in total. The Kier molecular flexibility index (Phi) is 23.0. The van der Waals surface area contributed by atoms with Crippen LogP contribution in [0.3, 0.4) is 0 Å². The van der Waals surface area contributed by atoms with E-state index in [0.29, 0.717) is 19.1 Å². The molecular weight excluding hydrogens is 470 g/mol. The van der Waals surface area contributed by atoms with Crippen LogP contribution in [0.4, 0.5) is 4.79 Å². The number of carbonyl (C=O) groups is 4. The topological polar surface area (TPSA) is 114 Å². The molecule has 0 aliphatic carbocycles. The van der Waals surface area contributed by atoms with Crippen molar-refractivity contribution < 1.29 is 23.9 Å². The second-order valence-corrected chi connectivity index (χ2v) is 9.75. The van der Waals surface area contributed by atoms with Crippen molar-refractivity contribution in [3.63, 3.8) is 0 Å². The van der Waals surface area contributed by atoms with Crippen molar-refractivity contribution in [2.24, 2.45) is 11.8 Å². The van der Waals surface area contributed by atoms with Gasteiger partial charge in [0.2, 0.25) is 11.8 Å². The van der Waals surface area contributed by atoms with Crippen LogP contribution >= 0.6 is 0 Å². The largest absolute Gasteiger partial charge is 0.445 e. The lowest BCUT2D eigenvalue weighted by Crippen LogP contribution is -2.50. The Morgan fingerprint density at radius 2 is 1.41 bits per heavy atom. The van der Waals surface area contributed by atoms with E-state index in [2.05, 4.69) is 43.6 Å². The van der Waals surface area contributed by atoms with Crippen LogP contribution in [-0.2, 0) is 25.7 Å². The Bertz CT molecular complexity index is 736. The molecule has 2 atom stereocenters. The summed E-state index contributed by atoms with van der Waals surface area (Å²) in [5.74, 6) is -0.566. The molecule has 0 saturated heterocycles. The van der Waals surface area contributed by atoms with Crippen molar-refractivity contribution in [2.75, 3.05) is 6.54 Å². The molecule has 1 aromatic carbocycles. The fourth-order valence-electron chi connectivity index (χ4n) is 2.81. The van der Waals surface area contributed by atoms with Crippen LogP contribution in [0.25, 0.3) is 0 Å². The molecule has 0 radical (unpaired) electrons. The molecule has 0 aromatic heterocycles. The minimum absolute atomic E-state index is 0.0913. The van der Waals surface area contributed by atoms with Crippen LogP contribution in [0.15, 0.2) is 30.3 Å². The molecule has 0 heterocycles. The van der Waals surface area contributed by atoms with Gasteiger partial charge in [0.25, 0.3) is 0 Å². The predicted octanol–water partition coefficient (Wildman–Crippen LogP) is 5.40. The first-order chi connectivity index (χ1) is 17.5. The zero-order valence-electron chi connectivity index (χ0n) is 24.3. The first-order valence-electron chi connectivity index (χ1n) is 13.5. The van der Waals surface area contributed by atoms with E-state index < -0.39 is 30.0 Å². The average Bonchev–Trinajstić information content (AvgIpc) is 2.86. The highest BCUT2D eigenvalue weighted by Gasteiger charge is 2.23. The van der Waals surface area contributed by atoms with Gasteiger partial charge >= 0.3 is 6.09 Å². The van der Waals surface area contributed by atoms with Gasteiger partial charge in [-0.25, -0.2) is 4.79 Å². The highest BCUT2D eigenvalue weighted by molar-refractivity contribution is 5.90. The summed E-state index contributed by atoms with van der Waals surface area (Å²) >= 11 is 0. The number of hydrogen-bond donors (Lipinski definition) is 3. The summed E-state index contributed by atoms with van der Waals surface area (Å²) < 4.78 is 5.17. The summed E-state index contributed by atoms with van der Waals surface area (Å²) in [4.78, 5) is 47.7. The molecule has 8 heteroatoms. The molecule has 3 amide bonds. The summed E-state index contributed by atoms with van der Waals surface area (Å²) in [6.45, 7) is 16.2. The highest BCUT2D eigenvalue weighted by atomic mass is 16.5. The van der Waals surface area contributed by atoms with Crippen molar-refractivity contribution in [3.05, 3.63) is 35.9 Å². The van der Waals surface area contributed by atoms with Gasteiger partial charge in [-0.15, -0.1) is 0 Å². The number of hydrogen-bond acceptors (Lipinski definition) is 5. The summed E-state index contributed by atoms with van der Waals surface area (Å²) in [5, 5.41) is 7.65. The van der Waals surface area contributed by atoms with Gasteiger partial charge in [0.05, 0.1) is 12.6 Å². The molecule has 0 aliphatic rings. The lowest BCUT2D eigenvalue weighted by molar-refractivity contribution is -0.128. The number of carbonyl (C=O) groups excluding carboxylic acids is 4. The highest BCUT2D eigenvalue weighted by Crippen LogP contribution is 2.07. The van der Waals surface area contributed by atoms with Crippen LogP contribution in [0.2, 0.25) is 0 Å². The summed E-state index contributed by atoms with van der Waals surface area (Å²) in [6, 6.07) is 7.78. The number of unbranched alkanes of at least 4 members (excludes halogenated alkanes) is 1. The fourth-order valence-corrected chi connectivity index (χ4v) is 2.81. The van der Waals surface area contributed by atoms with Crippen molar-refractivity contribution in [2.45, 2.75) is 106 Å². The van der Waals surface area contributed by atoms with Gasteiger partial charge in [-0.05, 0) is 30.2 Å². The Hall–Kier alpha value is -2.90. The van der Waals surface area contributed by atoms with Crippen LogP contribution in [0.1, 0.15) is 93.1 Å². The number of alkyl carbamates (subject to hydrolysis) is 1. The number of nitrogens with one attached hydrogen (secondary N) is 3. The van der Waals surface area contributed by atoms with E-state index >= 15 is 0 Å². The molecule has 3 N–H and O–H groups in total. The molecule has 1 aromatic rings. The van der Waals surface area contributed by atoms with Gasteiger partial charge in [-0.3, -0.25) is 9.59 Å². The predicted molar refractivity (Wildman–Crippen MR) is 150 cm³/mol. The minimum Gasteiger partial charge on any atom is -0.445 e. The van der Waals surface area contributed by atoms with Gasteiger partial charge in [0, 0.05) is 0 Å². The fraction of sp³-hybridized carbons (Fsp3) is 0.655. The van der Waals surface area contributed by atoms with Crippen molar-refractivity contribution in [1.29, 1.82) is 0 Å². The maximum Gasteiger partial charge on any atom is 0.408 e. The Labute approximate surface area is 224 Å². The molecule has 2 unspecified atom stereocenters. The first-order valence-corrected chi connectivity index (χ1v) is 13.5. The number of benzene rings is 1. The molecule has 0 aliphatic heterocycles. The Morgan fingerprint density at radius 1 is 0.865 bits per heavy atom. The number of rotatable bonds is 13. The molecule has 0 spiro atoms. The second kappa shape index (κ2) is 23.5. The average molecular weight is 522 g/mol. The number of amides is 3. The summed E-state index contributed by atoms with van der Waals surface area (Å²) in [7, 11) is 0. The zero-order chi connectivity index (χ0) is 28.6. The van der Waals surface area contributed by atoms with Gasteiger partial charge in [-0.2, -0.15) is 0 Å². The molecule has 0 saturated carbocycles. The van der Waals surface area contributed by atoms with Crippen LogP contribution in [0.5, 0.6) is 0 Å². The van der Waals surface area contributed by atoms with Gasteiger partial charge in [0.1, 0.15) is 18.9 Å². The SMILES string of the molecule is CC(C)CC(C=O)NC(=O)CNC(=O)C(CC(C)C)NC(=O)OCc1ccccc1.CCC.CCCC. The third-order valence-corrected chi connectivity index (χ3v) is 4.69. The number of ether oxygens (including phenoxy) is 1. The summed E-state index contributed by atoms with van der Waals surface area (Å²) in [6.07, 6.45) is 4.78. The van der Waals surface area contributed by atoms with Crippen molar-refractivity contribution in [3.8, 4) is 0 Å². The zero-order valence-corrected chi connectivity index (χ0v) is 24.3. The molecule has 1 rings (SSSR count). The normalized spacial score (nSPS) is 11.6. The first kappa shape index (κ1) is 36.3. The Morgan fingerprint density at radius 3 is 1.86 bits per heavy atom. The third-order valence-electron chi connectivity index (χ3n) is 4.69. The monoisotopic (exact) mass is 521 g/mol. The van der Waals surface area contributed by atoms with E-state index in [1.807, 2.05) is 58.0 Å². The van der Waals surface area contributed by atoms with Gasteiger partial charge in [0.15, 0.2) is 0 Å². The maximum atomic E-state index is 12.5. The molecular formula is C29H51N3O5. The van der Waals surface area contributed by atoms with Crippen LogP contribution in [-0.4, -0.2) is 42.8 Å². The minimum atomic E-state index is -0.835. The molecule has 0 bridgehead atoms. The quantitative estimate of drug-likeness (QED) is 0.301. The smallest absolute Gasteiger partial charge is 0.408 e. The van der Waals surface area contributed by atoms with E-state index in [1.54, 1.807) is 0 Å². The second-order valence-electron chi connectivity index (χ2n) is 9.75. The molecule has 212 valence electrons. The van der Waals surface area contributed by atoms with Crippen LogP contribution in [0, 0.1) is 11.8 Å². The lowest BCUT2D eigenvalue weighted by Gasteiger charge is -2.20. The van der Waals surface area contributed by atoms with Gasteiger partial charge in [-0.1, -0.05) is 105 Å². The summed E-state index contributed by atoms with van der Waals surface area (Å²) in [5.41, 5.74) is 0.834. The van der Waals surface area contributed by atoms with E-state index in [9.17, 15) is 19.2 Å². The van der Waals surface area contributed by atoms with E-state index in [-0.39, 0.29) is 25.0 Å². The molecule has 37 heavy (non-hydrogen) atoms. The van der Waals surface area contributed by atoms with E-state index in [4.69, 9.17) is 4.74 Å². The van der Waals surface area contributed by atoms with E-state index in [0.717, 1.165) is 5.56 Å². The van der Waals surface area contributed by atoms with Gasteiger partial charge < -0.3 is 25.5 Å². The third kappa shape index (κ3) is 22.1. The van der Waals surface area contributed by atoms with Crippen molar-refractivity contribution >= 4 is 24.2 Å². The Balaban J connectivity index is 0. The maximum absolute atomic E-state index is 12.5. The standard InChI is InChI=1S/C22H33N3O5.C4H10.C3H8/c1-15(2)10-18(13-26)24-20(27)12-23-21(28)19(11-16(3)4)25-22(29)30-14-17-8-6-5-7-9-17;1-3-4-2;1-3-2/h5-9,13,15-16,18-19H,10-12,14H2,1-4H3,(H,23,28)(H,24,27)(H,25,29);3-4H2,1-2H3;3H2,1-2H3. The lowest BCUT2D eigenvalue weighted by atomic mass is 10.0. The van der Waals surface area contributed by atoms with Crippen molar-refractivity contribution in [1.82, 2.24) is 16.0 Å². The number of aldehydes is 1.